The molecule has 0 radical (unpaired) electrons. The van der Waals surface area contributed by atoms with E-state index in [0.717, 1.165) is 12.8 Å². The van der Waals surface area contributed by atoms with Crippen LogP contribution in [0, 0.1) is 10.1 Å². The third-order valence-corrected chi connectivity index (χ3v) is 4.07. The maximum absolute atomic E-state index is 12.7. The van der Waals surface area contributed by atoms with E-state index in [1.165, 1.54) is 18.2 Å². The Balaban J connectivity index is 3.18. The largest absolute Gasteiger partial charge is 0.333 e. The number of carbonyl (C=O) groups is 1. The number of amides is 1. The van der Waals surface area contributed by atoms with Gasteiger partial charge in [0.25, 0.3) is 11.6 Å². The molecule has 0 aliphatic rings. The Hall–Kier alpha value is -1.62. The van der Waals surface area contributed by atoms with Crippen molar-refractivity contribution < 1.29 is 9.72 Å². The number of nitro groups is 1. The molecule has 0 heterocycles. The average molecular weight is 313 g/mol. The maximum atomic E-state index is 12.7. The molecular weight excluding hydrogens is 292 g/mol. The Bertz CT molecular complexity index is 524. The first-order valence-corrected chi connectivity index (χ1v) is 7.47. The van der Waals surface area contributed by atoms with Gasteiger partial charge < -0.3 is 4.90 Å². The molecule has 0 N–H and O–H groups in total. The van der Waals surface area contributed by atoms with Crippen LogP contribution in [0.2, 0.25) is 5.02 Å². The Kier molecular flexibility index (Phi) is 6.15. The Morgan fingerprint density at radius 3 is 2.19 bits per heavy atom. The lowest BCUT2D eigenvalue weighted by atomic mass is 10.1. The van der Waals surface area contributed by atoms with E-state index in [2.05, 4.69) is 0 Å². The molecule has 0 aromatic heterocycles. The van der Waals surface area contributed by atoms with Crippen molar-refractivity contribution in [3.8, 4) is 0 Å². The van der Waals surface area contributed by atoms with Crippen molar-refractivity contribution in [1.82, 2.24) is 4.90 Å². The summed E-state index contributed by atoms with van der Waals surface area (Å²) in [5, 5.41) is 10.8. The molecule has 2 atom stereocenters. The van der Waals surface area contributed by atoms with Crippen LogP contribution in [0.1, 0.15) is 50.9 Å². The second kappa shape index (κ2) is 7.41. The molecule has 0 aliphatic heterocycles. The standard InChI is InChI=1S/C15H21ClN2O3/c1-5-10(3)17(11(4)6-2)15(19)13-8-7-12(18(20)21)9-14(13)16/h7-11H,5-6H2,1-4H3/t10-,11+. The van der Waals surface area contributed by atoms with Crippen LogP contribution in [0.15, 0.2) is 18.2 Å². The van der Waals surface area contributed by atoms with Crippen molar-refractivity contribution in [3.05, 3.63) is 38.9 Å². The lowest BCUT2D eigenvalue weighted by molar-refractivity contribution is -0.384. The molecule has 0 saturated carbocycles. The summed E-state index contributed by atoms with van der Waals surface area (Å²) in [7, 11) is 0. The van der Waals surface area contributed by atoms with Crippen molar-refractivity contribution in [2.75, 3.05) is 0 Å². The van der Waals surface area contributed by atoms with Crippen molar-refractivity contribution in [2.24, 2.45) is 0 Å². The molecule has 0 aliphatic carbocycles. The minimum absolute atomic E-state index is 0.0821. The van der Waals surface area contributed by atoms with Crippen LogP contribution >= 0.6 is 11.6 Å². The lowest BCUT2D eigenvalue weighted by Crippen LogP contribution is -2.44. The summed E-state index contributed by atoms with van der Waals surface area (Å²) in [6, 6.07) is 4.13. The highest BCUT2D eigenvalue weighted by Crippen LogP contribution is 2.26. The zero-order valence-electron chi connectivity index (χ0n) is 12.8. The molecule has 0 unspecified atom stereocenters. The highest BCUT2D eigenvalue weighted by atomic mass is 35.5. The summed E-state index contributed by atoms with van der Waals surface area (Å²) >= 11 is 6.06. The molecule has 0 saturated heterocycles. The van der Waals surface area contributed by atoms with Gasteiger partial charge in [-0.25, -0.2) is 0 Å². The number of hydrogen-bond acceptors (Lipinski definition) is 3. The van der Waals surface area contributed by atoms with E-state index >= 15 is 0 Å². The van der Waals surface area contributed by atoms with Crippen LogP contribution in [0.5, 0.6) is 0 Å². The number of halogens is 1. The molecule has 6 heteroatoms. The SMILES string of the molecule is CC[C@@H](C)N(C(=O)c1ccc([N+](=O)[O-])cc1Cl)[C@@H](C)CC. The molecule has 1 amide bonds. The van der Waals surface area contributed by atoms with Crippen LogP contribution in [-0.2, 0) is 0 Å². The van der Waals surface area contributed by atoms with E-state index < -0.39 is 4.92 Å². The van der Waals surface area contributed by atoms with Gasteiger partial charge in [-0.05, 0) is 32.8 Å². The lowest BCUT2D eigenvalue weighted by Gasteiger charge is -2.34. The fourth-order valence-electron chi connectivity index (χ4n) is 2.16. The van der Waals surface area contributed by atoms with Gasteiger partial charge in [0, 0.05) is 24.2 Å². The summed E-state index contributed by atoms with van der Waals surface area (Å²) in [6.45, 7) is 8.02. The van der Waals surface area contributed by atoms with Gasteiger partial charge in [-0.3, -0.25) is 14.9 Å². The van der Waals surface area contributed by atoms with Gasteiger partial charge in [0.2, 0.25) is 0 Å². The van der Waals surface area contributed by atoms with Crippen LogP contribution in [-0.4, -0.2) is 27.8 Å². The topological polar surface area (TPSA) is 63.5 Å². The van der Waals surface area contributed by atoms with Crippen molar-refractivity contribution in [3.63, 3.8) is 0 Å². The summed E-state index contributed by atoms with van der Waals surface area (Å²) in [5.41, 5.74) is 0.193. The van der Waals surface area contributed by atoms with Crippen molar-refractivity contribution in [1.29, 1.82) is 0 Å². The third-order valence-electron chi connectivity index (χ3n) is 3.76. The van der Waals surface area contributed by atoms with Crippen LogP contribution in [0.25, 0.3) is 0 Å². The molecule has 1 rings (SSSR count). The first kappa shape index (κ1) is 17.4. The van der Waals surface area contributed by atoms with E-state index in [4.69, 9.17) is 11.6 Å². The molecule has 0 spiro atoms. The number of rotatable bonds is 6. The smallest absolute Gasteiger partial charge is 0.270 e. The zero-order chi connectivity index (χ0) is 16.2. The van der Waals surface area contributed by atoms with Gasteiger partial charge in [-0.2, -0.15) is 0 Å². The predicted octanol–water partition coefficient (Wildman–Crippen LogP) is 4.29. The minimum atomic E-state index is -0.527. The third kappa shape index (κ3) is 3.94. The average Bonchev–Trinajstić information content (AvgIpc) is 2.46. The molecule has 0 bridgehead atoms. The zero-order valence-corrected chi connectivity index (χ0v) is 13.6. The minimum Gasteiger partial charge on any atom is -0.333 e. The highest BCUT2D eigenvalue weighted by Gasteiger charge is 2.26. The molecule has 21 heavy (non-hydrogen) atoms. The van der Waals surface area contributed by atoms with E-state index in [1.54, 1.807) is 4.90 Å². The molecule has 1 aromatic carbocycles. The van der Waals surface area contributed by atoms with Crippen molar-refractivity contribution in [2.45, 2.75) is 52.6 Å². The summed E-state index contributed by atoms with van der Waals surface area (Å²) in [5.74, 6) is -0.182. The Morgan fingerprint density at radius 2 is 1.81 bits per heavy atom. The van der Waals surface area contributed by atoms with E-state index in [1.807, 2.05) is 27.7 Å². The summed E-state index contributed by atoms with van der Waals surface area (Å²) in [4.78, 5) is 24.7. The quantitative estimate of drug-likeness (QED) is 0.581. The van der Waals surface area contributed by atoms with Crippen LogP contribution < -0.4 is 0 Å². The summed E-state index contributed by atoms with van der Waals surface area (Å²) < 4.78 is 0. The van der Waals surface area contributed by atoms with Gasteiger partial charge in [-0.1, -0.05) is 25.4 Å². The monoisotopic (exact) mass is 312 g/mol. The summed E-state index contributed by atoms with van der Waals surface area (Å²) in [6.07, 6.45) is 1.67. The molecule has 1 aromatic rings. The normalized spacial score (nSPS) is 13.6. The first-order valence-electron chi connectivity index (χ1n) is 7.10. The van der Waals surface area contributed by atoms with Gasteiger partial charge in [0.1, 0.15) is 0 Å². The molecule has 116 valence electrons. The van der Waals surface area contributed by atoms with E-state index in [0.29, 0.717) is 5.56 Å². The number of nitro benzene ring substituents is 1. The van der Waals surface area contributed by atoms with E-state index in [9.17, 15) is 14.9 Å². The van der Waals surface area contributed by atoms with Crippen LogP contribution in [0.3, 0.4) is 0 Å². The second-order valence-corrected chi connectivity index (χ2v) is 5.56. The van der Waals surface area contributed by atoms with Crippen LogP contribution in [0.4, 0.5) is 5.69 Å². The Labute approximate surface area is 130 Å². The van der Waals surface area contributed by atoms with Gasteiger partial charge in [0.15, 0.2) is 0 Å². The highest BCUT2D eigenvalue weighted by molar-refractivity contribution is 6.34. The van der Waals surface area contributed by atoms with Gasteiger partial charge in [-0.15, -0.1) is 0 Å². The van der Waals surface area contributed by atoms with Crippen molar-refractivity contribution >= 4 is 23.2 Å². The second-order valence-electron chi connectivity index (χ2n) is 5.15. The number of carbonyl (C=O) groups excluding carboxylic acids is 1. The number of benzene rings is 1. The molecule has 0 fully saturated rings. The number of non-ortho nitro benzene ring substituents is 1. The fraction of sp³-hybridized carbons (Fsp3) is 0.533. The predicted molar refractivity (Wildman–Crippen MR) is 83.8 cm³/mol. The molecule has 5 nitrogen and oxygen atoms in total. The maximum Gasteiger partial charge on any atom is 0.270 e. The molecular formula is C15H21ClN2O3. The number of nitrogens with zero attached hydrogens (tertiary/aromatic N) is 2. The van der Waals surface area contributed by atoms with E-state index in [-0.39, 0.29) is 28.7 Å². The van der Waals surface area contributed by atoms with Gasteiger partial charge >= 0.3 is 0 Å². The first-order chi connectivity index (χ1) is 9.83. The fourth-order valence-corrected chi connectivity index (χ4v) is 2.41. The Morgan fingerprint density at radius 1 is 1.29 bits per heavy atom. The van der Waals surface area contributed by atoms with Gasteiger partial charge in [0.05, 0.1) is 15.5 Å². The number of hydrogen-bond donors (Lipinski definition) is 0.